The van der Waals surface area contributed by atoms with E-state index in [2.05, 4.69) is 24.2 Å². The van der Waals surface area contributed by atoms with Crippen LogP contribution in [0.5, 0.6) is 0 Å². The van der Waals surface area contributed by atoms with Gasteiger partial charge in [-0.3, -0.25) is 0 Å². The Hall–Kier alpha value is -2.21. The predicted molar refractivity (Wildman–Crippen MR) is 83.9 cm³/mol. The maximum Gasteiger partial charge on any atom is 0.337 e. The molecule has 0 amide bonds. The van der Waals surface area contributed by atoms with E-state index < -0.39 is 0 Å². The smallest absolute Gasteiger partial charge is 0.337 e. The van der Waals surface area contributed by atoms with E-state index in [1.54, 1.807) is 16.8 Å². The number of esters is 1. The molecule has 1 aromatic carbocycles. The Kier molecular flexibility index (Phi) is 5.27. The molecule has 2 rings (SSSR count). The number of benzene rings is 1. The van der Waals surface area contributed by atoms with Crippen LogP contribution in [-0.4, -0.2) is 28.1 Å². The fourth-order valence-corrected chi connectivity index (χ4v) is 2.62. The first-order valence-corrected chi connectivity index (χ1v) is 7.49. The summed E-state index contributed by atoms with van der Waals surface area (Å²) in [5, 5.41) is 8.43. The minimum absolute atomic E-state index is 0.329. The molecule has 2 N–H and O–H groups in total. The van der Waals surface area contributed by atoms with Crippen molar-refractivity contribution < 1.29 is 9.53 Å². The standard InChI is InChI=1S/C16H22N4O2/c1-4-11(5-2)15-14(10-17)18-19-20(15)13-8-6-7-12(9-13)16(21)22-3/h6-9,11H,4-5,10,17H2,1-3H3. The number of rotatable bonds is 6. The summed E-state index contributed by atoms with van der Waals surface area (Å²) in [7, 11) is 1.37. The average Bonchev–Trinajstić information content (AvgIpc) is 2.99. The van der Waals surface area contributed by atoms with Crippen molar-refractivity contribution in [1.29, 1.82) is 0 Å². The fourth-order valence-electron chi connectivity index (χ4n) is 2.62. The number of hydrogen-bond acceptors (Lipinski definition) is 5. The van der Waals surface area contributed by atoms with E-state index >= 15 is 0 Å². The van der Waals surface area contributed by atoms with Gasteiger partial charge in [0.2, 0.25) is 0 Å². The molecule has 6 heteroatoms. The van der Waals surface area contributed by atoms with E-state index in [1.807, 2.05) is 12.1 Å². The number of ether oxygens (including phenoxy) is 1. The predicted octanol–water partition coefficient (Wildman–Crippen LogP) is 2.42. The molecule has 0 fully saturated rings. The highest BCUT2D eigenvalue weighted by atomic mass is 16.5. The molecule has 2 aromatic rings. The van der Waals surface area contributed by atoms with Crippen LogP contribution in [-0.2, 0) is 11.3 Å². The topological polar surface area (TPSA) is 83.0 Å². The Labute approximate surface area is 130 Å². The second-order valence-corrected chi connectivity index (χ2v) is 5.09. The van der Waals surface area contributed by atoms with E-state index in [9.17, 15) is 4.79 Å². The van der Waals surface area contributed by atoms with E-state index in [0.29, 0.717) is 18.0 Å². The summed E-state index contributed by atoms with van der Waals surface area (Å²) in [4.78, 5) is 11.7. The Balaban J connectivity index is 2.53. The molecule has 6 nitrogen and oxygen atoms in total. The van der Waals surface area contributed by atoms with Gasteiger partial charge < -0.3 is 10.5 Å². The Bertz CT molecular complexity index is 647. The third-order valence-corrected chi connectivity index (χ3v) is 3.86. The number of hydrogen-bond donors (Lipinski definition) is 1. The molecule has 118 valence electrons. The van der Waals surface area contributed by atoms with Crippen molar-refractivity contribution in [2.45, 2.75) is 39.2 Å². The highest BCUT2D eigenvalue weighted by Gasteiger charge is 2.20. The molecule has 0 saturated carbocycles. The maximum absolute atomic E-state index is 11.7. The number of carbonyl (C=O) groups is 1. The first kappa shape index (κ1) is 16.2. The maximum atomic E-state index is 11.7. The number of nitrogens with two attached hydrogens (primary N) is 1. The Morgan fingerprint density at radius 1 is 1.36 bits per heavy atom. The van der Waals surface area contributed by atoms with Crippen LogP contribution in [0, 0.1) is 0 Å². The second-order valence-electron chi connectivity index (χ2n) is 5.09. The summed E-state index contributed by atoms with van der Waals surface area (Å²) >= 11 is 0. The third kappa shape index (κ3) is 3.01. The number of nitrogens with zero attached hydrogens (tertiary/aromatic N) is 3. The lowest BCUT2D eigenvalue weighted by Gasteiger charge is -2.16. The average molecular weight is 302 g/mol. The van der Waals surface area contributed by atoms with Gasteiger partial charge in [0.1, 0.15) is 5.69 Å². The van der Waals surface area contributed by atoms with Crippen LogP contribution in [0.3, 0.4) is 0 Å². The third-order valence-electron chi connectivity index (χ3n) is 3.86. The fraction of sp³-hybridized carbons (Fsp3) is 0.438. The second kappa shape index (κ2) is 7.17. The lowest BCUT2D eigenvalue weighted by atomic mass is 9.97. The minimum Gasteiger partial charge on any atom is -0.465 e. The molecule has 0 aliphatic carbocycles. The van der Waals surface area contributed by atoms with Gasteiger partial charge in [0.15, 0.2) is 0 Å². The van der Waals surface area contributed by atoms with E-state index in [1.165, 1.54) is 7.11 Å². The number of methoxy groups -OCH3 is 1. The van der Waals surface area contributed by atoms with Crippen molar-refractivity contribution in [3.63, 3.8) is 0 Å². The molecule has 0 spiro atoms. The van der Waals surface area contributed by atoms with Crippen LogP contribution in [0.1, 0.15) is 54.4 Å². The van der Waals surface area contributed by atoms with Crippen molar-refractivity contribution in [3.05, 3.63) is 41.2 Å². The zero-order chi connectivity index (χ0) is 16.1. The van der Waals surface area contributed by atoms with Gasteiger partial charge in [-0.15, -0.1) is 5.10 Å². The Morgan fingerprint density at radius 2 is 2.09 bits per heavy atom. The minimum atomic E-state index is -0.370. The summed E-state index contributed by atoms with van der Waals surface area (Å²) in [6.45, 7) is 4.62. The molecule has 0 atom stereocenters. The van der Waals surface area contributed by atoms with Gasteiger partial charge in [0.25, 0.3) is 0 Å². The first-order chi connectivity index (χ1) is 10.7. The molecular weight excluding hydrogens is 280 g/mol. The van der Waals surface area contributed by atoms with Crippen LogP contribution in [0.15, 0.2) is 24.3 Å². The van der Waals surface area contributed by atoms with Crippen molar-refractivity contribution >= 4 is 5.97 Å². The zero-order valence-corrected chi connectivity index (χ0v) is 13.2. The molecular formula is C16H22N4O2. The molecule has 0 unspecified atom stereocenters. The van der Waals surface area contributed by atoms with Crippen molar-refractivity contribution in [3.8, 4) is 5.69 Å². The van der Waals surface area contributed by atoms with Crippen LogP contribution in [0.2, 0.25) is 0 Å². The van der Waals surface area contributed by atoms with Crippen molar-refractivity contribution in [2.24, 2.45) is 5.73 Å². The lowest BCUT2D eigenvalue weighted by molar-refractivity contribution is 0.0600. The van der Waals surface area contributed by atoms with E-state index in [-0.39, 0.29) is 5.97 Å². The van der Waals surface area contributed by atoms with E-state index in [0.717, 1.165) is 29.9 Å². The molecule has 0 bridgehead atoms. The van der Waals surface area contributed by atoms with E-state index in [4.69, 9.17) is 10.5 Å². The lowest BCUT2D eigenvalue weighted by Crippen LogP contribution is -2.11. The molecule has 1 aromatic heterocycles. The summed E-state index contributed by atoms with van der Waals surface area (Å²) < 4.78 is 6.55. The molecule has 22 heavy (non-hydrogen) atoms. The van der Waals surface area contributed by atoms with Gasteiger partial charge in [-0.25, -0.2) is 9.48 Å². The molecule has 1 heterocycles. The number of carbonyl (C=O) groups excluding carboxylic acids is 1. The van der Waals surface area contributed by atoms with Crippen LogP contribution < -0.4 is 5.73 Å². The molecule has 0 saturated heterocycles. The zero-order valence-electron chi connectivity index (χ0n) is 13.2. The SMILES string of the molecule is CCC(CC)c1c(CN)nnn1-c1cccc(C(=O)OC)c1. The van der Waals surface area contributed by atoms with Crippen molar-refractivity contribution in [1.82, 2.24) is 15.0 Å². The quantitative estimate of drug-likeness (QED) is 0.828. The largest absolute Gasteiger partial charge is 0.465 e. The van der Waals surface area contributed by atoms with Crippen LogP contribution in [0.4, 0.5) is 0 Å². The Morgan fingerprint density at radius 3 is 2.68 bits per heavy atom. The summed E-state index contributed by atoms with van der Waals surface area (Å²) in [5.74, 6) is -0.0413. The van der Waals surface area contributed by atoms with Gasteiger partial charge in [0, 0.05) is 12.5 Å². The van der Waals surface area contributed by atoms with Gasteiger partial charge >= 0.3 is 5.97 Å². The van der Waals surface area contributed by atoms with Gasteiger partial charge in [0.05, 0.1) is 24.1 Å². The molecule has 0 aliphatic rings. The highest BCUT2D eigenvalue weighted by Crippen LogP contribution is 2.27. The molecule has 0 radical (unpaired) electrons. The van der Waals surface area contributed by atoms with Gasteiger partial charge in [-0.05, 0) is 31.0 Å². The highest BCUT2D eigenvalue weighted by molar-refractivity contribution is 5.89. The first-order valence-electron chi connectivity index (χ1n) is 7.49. The number of aromatic nitrogens is 3. The summed E-state index contributed by atoms with van der Waals surface area (Å²) in [6, 6.07) is 7.18. The normalized spacial score (nSPS) is 11.0. The summed E-state index contributed by atoms with van der Waals surface area (Å²) in [6.07, 6.45) is 1.96. The molecule has 0 aliphatic heterocycles. The van der Waals surface area contributed by atoms with Crippen LogP contribution in [0.25, 0.3) is 5.69 Å². The van der Waals surface area contributed by atoms with Gasteiger partial charge in [-0.1, -0.05) is 25.1 Å². The van der Waals surface area contributed by atoms with Crippen LogP contribution >= 0.6 is 0 Å². The van der Waals surface area contributed by atoms with Crippen molar-refractivity contribution in [2.75, 3.05) is 7.11 Å². The monoisotopic (exact) mass is 302 g/mol. The summed E-state index contributed by atoms with van der Waals surface area (Å²) in [5.41, 5.74) is 8.90. The van der Waals surface area contributed by atoms with Gasteiger partial charge in [-0.2, -0.15) is 0 Å².